The van der Waals surface area contributed by atoms with Gasteiger partial charge in [-0.1, -0.05) is 13.8 Å². The van der Waals surface area contributed by atoms with Crippen molar-refractivity contribution in [2.24, 2.45) is 11.8 Å². The number of hydrogen-bond acceptors (Lipinski definition) is 3. The molecule has 0 aromatic carbocycles. The van der Waals surface area contributed by atoms with E-state index in [0.29, 0.717) is 6.54 Å². The molecule has 0 atom stereocenters. The van der Waals surface area contributed by atoms with Crippen LogP contribution >= 0.6 is 0 Å². The highest BCUT2D eigenvalue weighted by atomic mass is 16.6. The van der Waals surface area contributed by atoms with Gasteiger partial charge in [0, 0.05) is 13.1 Å². The highest BCUT2D eigenvalue weighted by Gasteiger charge is 2.21. The van der Waals surface area contributed by atoms with Crippen molar-refractivity contribution in [3.8, 4) is 0 Å². The van der Waals surface area contributed by atoms with E-state index in [1.807, 2.05) is 20.8 Å². The SMILES string of the molecule is CC(C)C1CCN(CCNC(=O)OC(C)(C)C)CC1. The Kier molecular flexibility index (Phi) is 6.11. The van der Waals surface area contributed by atoms with Crippen molar-refractivity contribution in [1.29, 1.82) is 0 Å². The van der Waals surface area contributed by atoms with Gasteiger partial charge in [0.15, 0.2) is 0 Å². The van der Waals surface area contributed by atoms with E-state index >= 15 is 0 Å². The Morgan fingerprint density at radius 3 is 2.37 bits per heavy atom. The van der Waals surface area contributed by atoms with E-state index in [2.05, 4.69) is 24.1 Å². The summed E-state index contributed by atoms with van der Waals surface area (Å²) in [6.45, 7) is 14.1. The first-order valence-corrected chi connectivity index (χ1v) is 7.47. The molecule has 0 aliphatic carbocycles. The molecule has 4 heteroatoms. The minimum absolute atomic E-state index is 0.315. The summed E-state index contributed by atoms with van der Waals surface area (Å²) >= 11 is 0. The molecule has 1 amide bonds. The van der Waals surface area contributed by atoms with Crippen molar-refractivity contribution in [2.45, 2.75) is 53.1 Å². The molecule has 0 bridgehead atoms. The van der Waals surface area contributed by atoms with Gasteiger partial charge >= 0.3 is 6.09 Å². The lowest BCUT2D eigenvalue weighted by Crippen LogP contribution is -2.41. The van der Waals surface area contributed by atoms with E-state index in [9.17, 15) is 4.79 Å². The molecule has 1 aliphatic rings. The van der Waals surface area contributed by atoms with Crippen molar-refractivity contribution in [3.63, 3.8) is 0 Å². The second kappa shape index (κ2) is 7.13. The van der Waals surface area contributed by atoms with E-state index in [4.69, 9.17) is 4.74 Å². The summed E-state index contributed by atoms with van der Waals surface area (Å²) < 4.78 is 5.21. The van der Waals surface area contributed by atoms with Gasteiger partial charge in [0.1, 0.15) is 5.60 Å². The molecule has 1 aliphatic heterocycles. The van der Waals surface area contributed by atoms with Gasteiger partial charge in [-0.3, -0.25) is 0 Å². The maximum absolute atomic E-state index is 11.5. The molecule has 4 nitrogen and oxygen atoms in total. The Hall–Kier alpha value is -0.770. The zero-order valence-corrected chi connectivity index (χ0v) is 13.2. The molecule has 1 rings (SSSR count). The lowest BCUT2D eigenvalue weighted by molar-refractivity contribution is 0.0518. The molecular weight excluding hydrogens is 240 g/mol. The van der Waals surface area contributed by atoms with Crippen LogP contribution in [0.3, 0.4) is 0 Å². The van der Waals surface area contributed by atoms with E-state index < -0.39 is 5.60 Å². The number of likely N-dealkylation sites (tertiary alicyclic amines) is 1. The van der Waals surface area contributed by atoms with Gasteiger partial charge in [-0.05, 0) is 58.5 Å². The van der Waals surface area contributed by atoms with Crippen LogP contribution in [0.5, 0.6) is 0 Å². The number of hydrogen-bond donors (Lipinski definition) is 1. The molecule has 1 saturated heterocycles. The summed E-state index contributed by atoms with van der Waals surface area (Å²) in [4.78, 5) is 13.9. The first-order valence-electron chi connectivity index (χ1n) is 7.47. The Labute approximate surface area is 117 Å². The minimum Gasteiger partial charge on any atom is -0.444 e. The van der Waals surface area contributed by atoms with E-state index in [0.717, 1.165) is 31.5 Å². The fourth-order valence-corrected chi connectivity index (χ4v) is 2.47. The van der Waals surface area contributed by atoms with Crippen LogP contribution < -0.4 is 5.32 Å². The van der Waals surface area contributed by atoms with Crippen LogP contribution in [0.25, 0.3) is 0 Å². The second-order valence-electron chi connectivity index (χ2n) is 6.85. The van der Waals surface area contributed by atoms with Crippen molar-refractivity contribution < 1.29 is 9.53 Å². The monoisotopic (exact) mass is 270 g/mol. The van der Waals surface area contributed by atoms with Crippen LogP contribution in [-0.2, 0) is 4.74 Å². The number of nitrogens with one attached hydrogen (secondary N) is 1. The molecule has 1 heterocycles. The van der Waals surface area contributed by atoms with Crippen LogP contribution in [0, 0.1) is 11.8 Å². The van der Waals surface area contributed by atoms with Gasteiger partial charge < -0.3 is 15.0 Å². The maximum Gasteiger partial charge on any atom is 0.407 e. The largest absolute Gasteiger partial charge is 0.444 e. The van der Waals surface area contributed by atoms with Crippen molar-refractivity contribution >= 4 is 6.09 Å². The molecule has 1 fully saturated rings. The quantitative estimate of drug-likeness (QED) is 0.854. The van der Waals surface area contributed by atoms with Crippen LogP contribution in [0.4, 0.5) is 4.79 Å². The van der Waals surface area contributed by atoms with Gasteiger partial charge in [-0.15, -0.1) is 0 Å². The zero-order chi connectivity index (χ0) is 14.5. The molecule has 112 valence electrons. The third-order valence-corrected chi connectivity index (χ3v) is 3.67. The normalized spacial score (nSPS) is 18.6. The lowest BCUT2D eigenvalue weighted by Gasteiger charge is -2.33. The summed E-state index contributed by atoms with van der Waals surface area (Å²) in [5.74, 6) is 1.66. The number of nitrogens with zero attached hydrogens (tertiary/aromatic N) is 1. The highest BCUT2D eigenvalue weighted by Crippen LogP contribution is 2.23. The van der Waals surface area contributed by atoms with Crippen LogP contribution in [0.2, 0.25) is 0 Å². The molecule has 0 saturated carbocycles. The van der Waals surface area contributed by atoms with Gasteiger partial charge in [0.2, 0.25) is 0 Å². The fourth-order valence-electron chi connectivity index (χ4n) is 2.47. The maximum atomic E-state index is 11.5. The minimum atomic E-state index is -0.417. The van der Waals surface area contributed by atoms with Gasteiger partial charge in [0.25, 0.3) is 0 Å². The number of piperidine rings is 1. The van der Waals surface area contributed by atoms with Crippen molar-refractivity contribution in [2.75, 3.05) is 26.2 Å². The number of carbonyl (C=O) groups is 1. The Bertz CT molecular complexity index is 276. The summed E-state index contributed by atoms with van der Waals surface area (Å²) in [6.07, 6.45) is 2.25. The molecular formula is C15H30N2O2. The average molecular weight is 270 g/mol. The van der Waals surface area contributed by atoms with Gasteiger partial charge in [-0.25, -0.2) is 4.79 Å². The smallest absolute Gasteiger partial charge is 0.407 e. The van der Waals surface area contributed by atoms with Gasteiger partial charge in [-0.2, -0.15) is 0 Å². The molecule has 0 aromatic heterocycles. The molecule has 0 unspecified atom stereocenters. The number of rotatable bonds is 4. The Morgan fingerprint density at radius 1 is 1.32 bits per heavy atom. The average Bonchev–Trinajstić information content (AvgIpc) is 2.27. The predicted molar refractivity (Wildman–Crippen MR) is 78.2 cm³/mol. The molecule has 0 spiro atoms. The van der Waals surface area contributed by atoms with E-state index in [1.165, 1.54) is 12.8 Å². The molecule has 0 aromatic rings. The Balaban J connectivity index is 2.13. The highest BCUT2D eigenvalue weighted by molar-refractivity contribution is 5.67. The summed E-state index contributed by atoms with van der Waals surface area (Å²) in [6, 6.07) is 0. The zero-order valence-electron chi connectivity index (χ0n) is 13.2. The Morgan fingerprint density at radius 2 is 1.89 bits per heavy atom. The molecule has 19 heavy (non-hydrogen) atoms. The van der Waals surface area contributed by atoms with Gasteiger partial charge in [0.05, 0.1) is 0 Å². The number of ether oxygens (including phenoxy) is 1. The van der Waals surface area contributed by atoms with E-state index in [-0.39, 0.29) is 6.09 Å². The summed E-state index contributed by atoms with van der Waals surface area (Å²) in [5.41, 5.74) is -0.417. The van der Waals surface area contributed by atoms with Crippen LogP contribution in [0.1, 0.15) is 47.5 Å². The number of carbonyl (C=O) groups excluding carboxylic acids is 1. The molecule has 1 N–H and O–H groups in total. The first kappa shape index (κ1) is 16.3. The standard InChI is InChI=1S/C15H30N2O2/c1-12(2)13-6-9-17(10-7-13)11-8-16-14(18)19-15(3,4)5/h12-13H,6-11H2,1-5H3,(H,16,18). The number of amides is 1. The third-order valence-electron chi connectivity index (χ3n) is 3.67. The van der Waals surface area contributed by atoms with Crippen molar-refractivity contribution in [3.05, 3.63) is 0 Å². The first-order chi connectivity index (χ1) is 8.78. The molecule has 0 radical (unpaired) electrons. The summed E-state index contributed by atoms with van der Waals surface area (Å²) in [7, 11) is 0. The van der Waals surface area contributed by atoms with Crippen LogP contribution in [-0.4, -0.2) is 42.8 Å². The predicted octanol–water partition coefficient (Wildman–Crippen LogP) is 2.88. The second-order valence-corrected chi connectivity index (χ2v) is 6.85. The lowest BCUT2D eigenvalue weighted by atomic mass is 9.87. The van der Waals surface area contributed by atoms with Crippen molar-refractivity contribution in [1.82, 2.24) is 10.2 Å². The fraction of sp³-hybridized carbons (Fsp3) is 0.933. The van der Waals surface area contributed by atoms with E-state index in [1.54, 1.807) is 0 Å². The number of alkyl carbamates (subject to hydrolysis) is 1. The van der Waals surface area contributed by atoms with Crippen LogP contribution in [0.15, 0.2) is 0 Å². The summed E-state index contributed by atoms with van der Waals surface area (Å²) in [5, 5.41) is 2.82. The third kappa shape index (κ3) is 6.81. The topological polar surface area (TPSA) is 41.6 Å².